The minimum Gasteiger partial charge on any atom is -0.233 e. The molecule has 0 aromatic rings. The molecule has 0 aromatic heterocycles. The van der Waals surface area contributed by atoms with Gasteiger partial charge < -0.3 is 0 Å². The Bertz CT molecular complexity index is 183. The first kappa shape index (κ1) is 10.0. The normalized spacial score (nSPS) is 40.8. The molecule has 0 saturated carbocycles. The maximum absolute atomic E-state index is 12.7. The highest BCUT2D eigenvalue weighted by Gasteiger charge is 2.63. The van der Waals surface area contributed by atoms with Crippen LogP contribution in [0.4, 0.5) is 26.3 Å². The maximum atomic E-state index is 12.7. The Morgan fingerprint density at radius 2 is 1.75 bits per heavy atom. The molecular weight excluding hydrogens is 206 g/mol. The van der Waals surface area contributed by atoms with Gasteiger partial charge in [-0.25, -0.2) is 17.6 Å². The van der Waals surface area contributed by atoms with Crippen LogP contribution in [-0.2, 0) is 0 Å². The Morgan fingerprint density at radius 1 is 1.25 bits per heavy atom. The molecule has 1 rings (SSSR count). The number of hydrogen-bond acceptors (Lipinski definition) is 1. The van der Waals surface area contributed by atoms with E-state index in [2.05, 4.69) is 0 Å². The van der Waals surface area contributed by atoms with Crippen molar-refractivity contribution in [3.8, 4) is 0 Å². The van der Waals surface area contributed by atoms with Gasteiger partial charge >= 0.3 is 0 Å². The number of halogens is 6. The Balaban J connectivity index is 2.81. The monoisotopic (exact) mass is 210 g/mol. The van der Waals surface area contributed by atoms with E-state index >= 15 is 0 Å². The average molecular weight is 210 g/mol. The standard InChI is InChI=1S/C5H4F6S/c6-2(7)4(9)1-5(10,11)12-3(4)8/h2-3H,1H2. The van der Waals surface area contributed by atoms with Crippen molar-refractivity contribution in [1.29, 1.82) is 0 Å². The van der Waals surface area contributed by atoms with Gasteiger partial charge in [0.15, 0.2) is 5.50 Å². The Hall–Kier alpha value is -0.0700. The summed E-state index contributed by atoms with van der Waals surface area (Å²) in [6.07, 6.45) is -5.47. The molecule has 12 heavy (non-hydrogen) atoms. The van der Waals surface area contributed by atoms with Crippen LogP contribution >= 0.6 is 11.8 Å². The van der Waals surface area contributed by atoms with E-state index in [4.69, 9.17) is 0 Å². The van der Waals surface area contributed by atoms with Crippen LogP contribution in [0.15, 0.2) is 0 Å². The average Bonchev–Trinajstić information content (AvgIpc) is 2.03. The van der Waals surface area contributed by atoms with Crippen LogP contribution in [-0.4, -0.2) is 22.9 Å². The molecule has 0 aliphatic carbocycles. The fourth-order valence-electron chi connectivity index (χ4n) is 0.863. The summed E-state index contributed by atoms with van der Waals surface area (Å²) < 4.78 is 73.0. The van der Waals surface area contributed by atoms with Crippen molar-refractivity contribution < 1.29 is 26.3 Å². The van der Waals surface area contributed by atoms with E-state index < -0.39 is 41.0 Å². The molecule has 1 heterocycles. The van der Waals surface area contributed by atoms with Gasteiger partial charge in [0.1, 0.15) is 0 Å². The molecule has 0 radical (unpaired) electrons. The van der Waals surface area contributed by atoms with Gasteiger partial charge in [-0.3, -0.25) is 0 Å². The summed E-state index contributed by atoms with van der Waals surface area (Å²) >= 11 is -0.697. The quantitative estimate of drug-likeness (QED) is 0.599. The van der Waals surface area contributed by atoms with E-state index in [1.807, 2.05) is 0 Å². The fraction of sp³-hybridized carbons (Fsp3) is 1.00. The molecule has 0 N–H and O–H groups in total. The molecule has 1 aliphatic rings. The van der Waals surface area contributed by atoms with Crippen molar-refractivity contribution in [1.82, 2.24) is 0 Å². The van der Waals surface area contributed by atoms with Gasteiger partial charge in [-0.15, -0.1) is 0 Å². The third kappa shape index (κ3) is 1.51. The molecular formula is C5H4F6S. The lowest BCUT2D eigenvalue weighted by Gasteiger charge is -2.18. The van der Waals surface area contributed by atoms with Gasteiger partial charge in [0.25, 0.3) is 11.7 Å². The van der Waals surface area contributed by atoms with Crippen LogP contribution < -0.4 is 0 Å². The summed E-state index contributed by atoms with van der Waals surface area (Å²) in [5.74, 6) is 0. The highest BCUT2D eigenvalue weighted by atomic mass is 32.2. The Kier molecular flexibility index (Phi) is 2.26. The van der Waals surface area contributed by atoms with Gasteiger partial charge in [-0.05, 0) is 11.8 Å². The van der Waals surface area contributed by atoms with E-state index in [0.717, 1.165) is 0 Å². The van der Waals surface area contributed by atoms with Crippen LogP contribution in [0.5, 0.6) is 0 Å². The van der Waals surface area contributed by atoms with Crippen molar-refractivity contribution in [3.05, 3.63) is 0 Å². The summed E-state index contributed by atoms with van der Waals surface area (Å²) in [4.78, 5) is 0. The fourth-order valence-corrected chi connectivity index (χ4v) is 1.85. The zero-order chi connectivity index (χ0) is 9.57. The van der Waals surface area contributed by atoms with Crippen LogP contribution in [0.25, 0.3) is 0 Å². The Morgan fingerprint density at radius 3 is 1.92 bits per heavy atom. The molecule has 72 valence electrons. The van der Waals surface area contributed by atoms with E-state index in [-0.39, 0.29) is 0 Å². The lowest BCUT2D eigenvalue weighted by molar-refractivity contribution is -0.0820. The molecule has 0 nitrogen and oxygen atoms in total. The molecule has 1 fully saturated rings. The number of hydrogen-bond donors (Lipinski definition) is 0. The summed E-state index contributed by atoms with van der Waals surface area (Å²) in [5.41, 5.74) is -6.55. The van der Waals surface area contributed by atoms with Crippen LogP contribution in [0.1, 0.15) is 6.42 Å². The molecule has 1 aliphatic heterocycles. The summed E-state index contributed by atoms with van der Waals surface area (Å²) in [5, 5.41) is -3.73. The zero-order valence-corrected chi connectivity index (χ0v) is 6.35. The van der Waals surface area contributed by atoms with Crippen molar-refractivity contribution in [2.75, 3.05) is 0 Å². The summed E-state index contributed by atoms with van der Waals surface area (Å²) in [6.45, 7) is 0. The molecule has 0 aromatic carbocycles. The molecule has 7 heteroatoms. The third-order valence-corrected chi connectivity index (χ3v) is 2.58. The zero-order valence-electron chi connectivity index (χ0n) is 5.54. The lowest BCUT2D eigenvalue weighted by atomic mass is 10.1. The number of thioether (sulfide) groups is 1. The van der Waals surface area contributed by atoms with Crippen LogP contribution in [0.3, 0.4) is 0 Å². The van der Waals surface area contributed by atoms with Crippen LogP contribution in [0, 0.1) is 0 Å². The topological polar surface area (TPSA) is 0 Å². The molecule has 0 bridgehead atoms. The van der Waals surface area contributed by atoms with Gasteiger partial charge in [0.2, 0.25) is 5.67 Å². The summed E-state index contributed by atoms with van der Waals surface area (Å²) in [6, 6.07) is 0. The van der Waals surface area contributed by atoms with E-state index in [1.54, 1.807) is 0 Å². The second-order valence-corrected chi connectivity index (χ2v) is 3.72. The van der Waals surface area contributed by atoms with Crippen molar-refractivity contribution >= 4 is 11.8 Å². The SMILES string of the molecule is FC(F)C1(F)CC(F)(F)SC1F. The predicted molar refractivity (Wildman–Crippen MR) is 31.9 cm³/mol. The van der Waals surface area contributed by atoms with Gasteiger partial charge in [0, 0.05) is 0 Å². The second kappa shape index (κ2) is 2.71. The largest absolute Gasteiger partial charge is 0.300 e. The van der Waals surface area contributed by atoms with Crippen molar-refractivity contribution in [2.45, 2.75) is 29.3 Å². The molecule has 2 atom stereocenters. The van der Waals surface area contributed by atoms with Gasteiger partial charge in [-0.2, -0.15) is 8.78 Å². The second-order valence-electron chi connectivity index (χ2n) is 2.48. The first-order chi connectivity index (χ1) is 5.28. The summed E-state index contributed by atoms with van der Waals surface area (Å²) in [7, 11) is 0. The van der Waals surface area contributed by atoms with E-state index in [1.165, 1.54) is 0 Å². The first-order valence-corrected chi connectivity index (χ1v) is 3.83. The third-order valence-electron chi connectivity index (χ3n) is 1.49. The predicted octanol–water partition coefficient (Wildman–Crippen LogP) is 2.99. The minimum absolute atomic E-state index is 0.697. The lowest BCUT2D eigenvalue weighted by Crippen LogP contribution is -2.37. The van der Waals surface area contributed by atoms with Crippen LogP contribution in [0.2, 0.25) is 0 Å². The molecule has 1 saturated heterocycles. The molecule has 0 amide bonds. The van der Waals surface area contributed by atoms with E-state index in [9.17, 15) is 26.3 Å². The van der Waals surface area contributed by atoms with Gasteiger partial charge in [0.05, 0.1) is 6.42 Å². The molecule has 0 spiro atoms. The molecule has 2 unspecified atom stereocenters. The van der Waals surface area contributed by atoms with Crippen molar-refractivity contribution in [3.63, 3.8) is 0 Å². The smallest absolute Gasteiger partial charge is 0.233 e. The maximum Gasteiger partial charge on any atom is 0.300 e. The van der Waals surface area contributed by atoms with Gasteiger partial charge in [-0.1, -0.05) is 0 Å². The number of rotatable bonds is 1. The first-order valence-electron chi connectivity index (χ1n) is 2.95. The Labute approximate surface area is 68.3 Å². The number of alkyl halides is 6. The van der Waals surface area contributed by atoms with Crippen molar-refractivity contribution in [2.24, 2.45) is 0 Å². The van der Waals surface area contributed by atoms with E-state index in [0.29, 0.717) is 0 Å². The minimum atomic E-state index is -3.73. The highest BCUT2D eigenvalue weighted by molar-refractivity contribution is 8.01. The highest BCUT2D eigenvalue weighted by Crippen LogP contribution is 2.55.